The molecule has 5 N–H and O–H groups in total. The number of nitrogens with two attached hydrogens (primary N) is 1. The Hall–Kier alpha value is -7.96. The number of nitrogens with zero attached hydrogens (tertiary/aromatic N) is 4. The second-order valence-electron chi connectivity index (χ2n) is 19.5. The molecule has 4 aliphatic rings. The summed E-state index contributed by atoms with van der Waals surface area (Å²) in [5, 5.41) is 17.6. The van der Waals surface area contributed by atoms with Crippen molar-refractivity contribution in [3.05, 3.63) is 136 Å². The van der Waals surface area contributed by atoms with Crippen LogP contribution in [0, 0.1) is 5.92 Å². The van der Waals surface area contributed by atoms with Crippen LogP contribution in [-0.2, 0) is 46.9 Å². The van der Waals surface area contributed by atoms with Gasteiger partial charge in [0.25, 0.3) is 11.8 Å². The van der Waals surface area contributed by atoms with Crippen LogP contribution in [-0.4, -0.2) is 109 Å². The van der Waals surface area contributed by atoms with E-state index in [1.54, 1.807) is 55.3 Å². The molecule has 0 radical (unpaired) electrons. The molecule has 0 bridgehead atoms. The molecule has 18 heteroatoms. The van der Waals surface area contributed by atoms with Gasteiger partial charge in [0.15, 0.2) is 29.2 Å². The van der Waals surface area contributed by atoms with E-state index >= 15 is 0 Å². The molecule has 75 heavy (non-hydrogen) atoms. The lowest BCUT2D eigenvalue weighted by atomic mass is 9.93. The Bertz CT molecular complexity index is 3000. The molecule has 5 amide bonds. The van der Waals surface area contributed by atoms with Gasteiger partial charge in [0.2, 0.25) is 11.8 Å². The third-order valence-corrected chi connectivity index (χ3v) is 14.2. The molecular formula is C57H63N7O11. The quantitative estimate of drug-likeness (QED) is 0.0686. The number of aliphatic hydroxyl groups is 1. The number of hydrogen-bond donors (Lipinski definition) is 4. The zero-order valence-corrected chi connectivity index (χ0v) is 42.7. The van der Waals surface area contributed by atoms with Crippen LogP contribution in [0.15, 0.2) is 102 Å². The van der Waals surface area contributed by atoms with E-state index in [1.165, 1.54) is 24.8 Å². The molecule has 18 nitrogen and oxygen atoms in total. The summed E-state index contributed by atoms with van der Waals surface area (Å²) in [6.07, 6.45) is 2.37. The van der Waals surface area contributed by atoms with E-state index in [1.807, 2.05) is 61.4 Å². The van der Waals surface area contributed by atoms with Crippen LogP contribution in [0.5, 0.6) is 23.0 Å². The second kappa shape index (κ2) is 22.7. The van der Waals surface area contributed by atoms with E-state index in [0.717, 1.165) is 21.6 Å². The number of aliphatic hydroxyl groups excluding tert-OH is 1. The van der Waals surface area contributed by atoms with Crippen molar-refractivity contribution in [3.63, 3.8) is 0 Å². The lowest BCUT2D eigenvalue weighted by Gasteiger charge is -2.39. The number of aliphatic imine (C=N–C) groups is 1. The highest BCUT2D eigenvalue weighted by Gasteiger charge is 2.45. The first-order valence-electron chi connectivity index (χ1n) is 25.3. The van der Waals surface area contributed by atoms with Gasteiger partial charge in [-0.15, -0.1) is 0 Å². The molecule has 4 heterocycles. The number of carbonyl (C=O) groups is 5. The van der Waals surface area contributed by atoms with Crippen molar-refractivity contribution >= 4 is 53.0 Å². The van der Waals surface area contributed by atoms with Gasteiger partial charge >= 0.3 is 6.09 Å². The van der Waals surface area contributed by atoms with Gasteiger partial charge in [-0.25, -0.2) is 9.69 Å². The van der Waals surface area contributed by atoms with Gasteiger partial charge in [0.05, 0.1) is 68.1 Å². The summed E-state index contributed by atoms with van der Waals surface area (Å²) in [5.74, 6) is -0.0272. The molecule has 5 aromatic carbocycles. The van der Waals surface area contributed by atoms with Crippen molar-refractivity contribution in [2.24, 2.45) is 16.6 Å². The Morgan fingerprint density at radius 2 is 1.31 bits per heavy atom. The lowest BCUT2D eigenvalue weighted by molar-refractivity contribution is -0.127. The maximum Gasteiger partial charge on any atom is 0.416 e. The number of hydrogen-bond acceptors (Lipinski definition) is 13. The van der Waals surface area contributed by atoms with Crippen molar-refractivity contribution in [3.8, 4) is 23.0 Å². The summed E-state index contributed by atoms with van der Waals surface area (Å²) in [6, 6.07) is 26.4. The lowest BCUT2D eigenvalue weighted by Crippen LogP contribution is -2.55. The van der Waals surface area contributed by atoms with E-state index in [4.69, 9.17) is 34.4 Å². The fourth-order valence-electron chi connectivity index (χ4n) is 9.80. The standard InChI is InChI=1S/C57H63N7O11/c1-33(2)51(58)53(66)60-34(3)52(65)61-40-19-17-35(18-20-40)32-75-57(70)64-45-28-50(48(72-5)26-43(45)55(68)63-31-39-16-10-8-14-37(39)24-46(63)56(64)69)74-22-12-6-11-21-73-49-27-44-42(25-47(49)71-4)54(67)62-30-38-15-9-7-13-36(38)23-41(62)29-59-44/h7-10,13-20,25-29,33-34,41,46,51,56,69H,6,11-12,21-24,30-32,58H2,1-5H3,(H,60,66)(H,61,65)/t34-,41-,46-,51-,56?/m0/s1. The van der Waals surface area contributed by atoms with E-state index in [0.29, 0.717) is 72.8 Å². The molecule has 4 aliphatic heterocycles. The molecular weight excluding hydrogens is 959 g/mol. The highest BCUT2D eigenvalue weighted by molar-refractivity contribution is 6.06. The van der Waals surface area contributed by atoms with Gasteiger partial charge in [-0.2, -0.15) is 0 Å². The minimum Gasteiger partial charge on any atom is -0.493 e. The Morgan fingerprint density at radius 1 is 0.720 bits per heavy atom. The van der Waals surface area contributed by atoms with Crippen molar-refractivity contribution in [1.29, 1.82) is 0 Å². The number of anilines is 2. The normalized spacial score (nSPS) is 18.1. The largest absolute Gasteiger partial charge is 0.493 e. The first-order valence-corrected chi connectivity index (χ1v) is 25.3. The topological polar surface area (TPSA) is 224 Å². The maximum atomic E-state index is 14.5. The number of amides is 5. The average Bonchev–Trinajstić information content (AvgIpc) is 3.60. The predicted molar refractivity (Wildman–Crippen MR) is 281 cm³/mol. The number of rotatable bonds is 17. The molecule has 9 rings (SSSR count). The van der Waals surface area contributed by atoms with Crippen LogP contribution in [0.3, 0.4) is 0 Å². The van der Waals surface area contributed by atoms with Gasteiger partial charge in [-0.05, 0) is 97.0 Å². The Morgan fingerprint density at radius 3 is 1.95 bits per heavy atom. The smallest absolute Gasteiger partial charge is 0.416 e. The van der Waals surface area contributed by atoms with Crippen molar-refractivity contribution in [1.82, 2.24) is 15.1 Å². The first kappa shape index (κ1) is 51.9. The van der Waals surface area contributed by atoms with Gasteiger partial charge in [-0.1, -0.05) is 74.5 Å². The summed E-state index contributed by atoms with van der Waals surface area (Å²) in [5.41, 5.74) is 12.4. The molecule has 5 aromatic rings. The second-order valence-corrected chi connectivity index (χ2v) is 19.5. The summed E-state index contributed by atoms with van der Waals surface area (Å²) >= 11 is 0. The number of unbranched alkanes of at least 4 members (excludes halogenated alkanes) is 2. The fraction of sp³-hybridized carbons (Fsp3) is 0.368. The number of ether oxygens (including phenoxy) is 5. The van der Waals surface area contributed by atoms with E-state index in [-0.39, 0.29) is 66.8 Å². The van der Waals surface area contributed by atoms with E-state index in [9.17, 15) is 29.1 Å². The van der Waals surface area contributed by atoms with Gasteiger partial charge < -0.3 is 55.0 Å². The highest BCUT2D eigenvalue weighted by atomic mass is 16.6. The number of carbonyl (C=O) groups excluding carboxylic acids is 5. The summed E-state index contributed by atoms with van der Waals surface area (Å²) in [4.78, 5) is 77.3. The fourth-order valence-corrected chi connectivity index (χ4v) is 9.80. The number of methoxy groups -OCH3 is 2. The molecule has 0 fully saturated rings. The van der Waals surface area contributed by atoms with Gasteiger partial charge in [-0.3, -0.25) is 24.2 Å². The van der Waals surface area contributed by atoms with Crippen molar-refractivity contribution in [2.45, 2.75) is 103 Å². The first-order chi connectivity index (χ1) is 36.2. The summed E-state index contributed by atoms with van der Waals surface area (Å²) in [7, 11) is 3.01. The average molecular weight is 1020 g/mol. The number of fused-ring (bicyclic) bond motifs is 6. The molecule has 392 valence electrons. The predicted octanol–water partition coefficient (Wildman–Crippen LogP) is 7.08. The molecule has 0 aromatic heterocycles. The minimum atomic E-state index is -1.52. The van der Waals surface area contributed by atoms with Crippen LogP contribution in [0.2, 0.25) is 0 Å². The van der Waals surface area contributed by atoms with Gasteiger partial charge in [0.1, 0.15) is 12.6 Å². The minimum absolute atomic E-state index is 0.0931. The summed E-state index contributed by atoms with van der Waals surface area (Å²) < 4.78 is 29.8. The molecule has 0 saturated carbocycles. The van der Waals surface area contributed by atoms with E-state index in [2.05, 4.69) is 22.8 Å². The van der Waals surface area contributed by atoms with Crippen LogP contribution in [0.25, 0.3) is 0 Å². The van der Waals surface area contributed by atoms with Crippen LogP contribution in [0.1, 0.15) is 88.6 Å². The van der Waals surface area contributed by atoms with Crippen molar-refractivity contribution in [2.75, 3.05) is 37.7 Å². The molecule has 0 spiro atoms. The Labute approximate surface area is 435 Å². The molecule has 0 aliphatic carbocycles. The third kappa shape index (κ3) is 11.1. The van der Waals surface area contributed by atoms with Crippen LogP contribution < -0.4 is 40.2 Å². The van der Waals surface area contributed by atoms with Crippen molar-refractivity contribution < 1.29 is 52.8 Å². The number of nitrogens with one attached hydrogen (secondary N) is 2. The molecule has 5 atom stereocenters. The third-order valence-electron chi connectivity index (χ3n) is 14.2. The SMILES string of the molecule is COc1cc2c(cc1OCCCCCOc1cc3c(cc1OC)C(=O)N1Cc4ccccc4C[C@H]1C(O)N3C(=O)OCc1ccc(NC(=O)[C@H](C)NC(=O)[C@@H](N)C(C)C)cc1)N=C[C@@H]1Cc3ccccc3CN1C2=O. The zero-order valence-electron chi connectivity index (χ0n) is 42.7. The Balaban J connectivity index is 0.849. The molecule has 1 unspecified atom stereocenters. The summed E-state index contributed by atoms with van der Waals surface area (Å²) in [6.45, 7) is 6.31. The van der Waals surface area contributed by atoms with Crippen LogP contribution in [0.4, 0.5) is 21.9 Å². The number of benzene rings is 5. The Kier molecular flexibility index (Phi) is 15.7. The highest BCUT2D eigenvalue weighted by Crippen LogP contribution is 2.43. The van der Waals surface area contributed by atoms with Crippen LogP contribution >= 0.6 is 0 Å². The van der Waals surface area contributed by atoms with E-state index < -0.39 is 48.2 Å². The maximum absolute atomic E-state index is 14.5. The molecule has 0 saturated heterocycles. The van der Waals surface area contributed by atoms with Gasteiger partial charge in [0, 0.05) is 37.1 Å². The monoisotopic (exact) mass is 1020 g/mol. The zero-order chi connectivity index (χ0) is 52.9.